The van der Waals surface area contributed by atoms with Gasteiger partial charge in [0.25, 0.3) is 0 Å². The van der Waals surface area contributed by atoms with E-state index in [0.29, 0.717) is 6.54 Å². The Labute approximate surface area is 103 Å². The van der Waals surface area contributed by atoms with Crippen LogP contribution in [0.25, 0.3) is 11.1 Å². The Morgan fingerprint density at radius 1 is 1.50 bits per heavy atom. The van der Waals surface area contributed by atoms with Crippen molar-refractivity contribution in [3.8, 4) is 0 Å². The van der Waals surface area contributed by atoms with Crippen LogP contribution >= 0.6 is 15.9 Å². The van der Waals surface area contributed by atoms with Crippen molar-refractivity contribution in [1.82, 2.24) is 4.98 Å². The first-order valence-electron chi connectivity index (χ1n) is 5.36. The van der Waals surface area contributed by atoms with Gasteiger partial charge in [0, 0.05) is 6.54 Å². The highest BCUT2D eigenvalue weighted by Gasteiger charge is 2.29. The average molecular weight is 283 g/mol. The predicted octanol–water partition coefficient (Wildman–Crippen LogP) is 3.22. The number of fused-ring (bicyclic) bond motifs is 1. The third-order valence-electron chi connectivity index (χ3n) is 3.11. The lowest BCUT2D eigenvalue weighted by Crippen LogP contribution is -2.31. The lowest BCUT2D eigenvalue weighted by Gasteiger charge is -2.21. The van der Waals surface area contributed by atoms with Crippen molar-refractivity contribution < 1.29 is 4.42 Å². The van der Waals surface area contributed by atoms with Crippen LogP contribution in [-0.2, 0) is 5.41 Å². The number of hydrogen-bond donors (Lipinski definition) is 1. The third kappa shape index (κ3) is 1.76. The van der Waals surface area contributed by atoms with Crippen LogP contribution in [-0.4, -0.2) is 11.5 Å². The molecule has 1 unspecified atom stereocenters. The van der Waals surface area contributed by atoms with E-state index in [4.69, 9.17) is 10.2 Å². The standard InChI is InChI=1S/C12H15BrN2O/c1-3-12(2,7-14)11-15-9-6-4-5-8(13)10(9)16-11/h4-6H,3,7,14H2,1-2H3. The number of aromatic nitrogens is 1. The molecule has 2 rings (SSSR count). The van der Waals surface area contributed by atoms with Gasteiger partial charge in [-0.3, -0.25) is 0 Å². The summed E-state index contributed by atoms with van der Waals surface area (Å²) in [6.45, 7) is 4.70. The Morgan fingerprint density at radius 3 is 2.81 bits per heavy atom. The Hall–Kier alpha value is -0.870. The summed E-state index contributed by atoms with van der Waals surface area (Å²) >= 11 is 3.46. The summed E-state index contributed by atoms with van der Waals surface area (Å²) in [6.07, 6.45) is 0.911. The highest BCUT2D eigenvalue weighted by molar-refractivity contribution is 9.10. The largest absolute Gasteiger partial charge is 0.439 e. The maximum atomic E-state index is 5.81. The second-order valence-electron chi connectivity index (χ2n) is 4.23. The van der Waals surface area contributed by atoms with Crippen LogP contribution in [0.1, 0.15) is 26.2 Å². The van der Waals surface area contributed by atoms with Crippen molar-refractivity contribution in [2.24, 2.45) is 5.73 Å². The zero-order valence-electron chi connectivity index (χ0n) is 9.46. The maximum Gasteiger partial charge on any atom is 0.202 e. The molecule has 4 heteroatoms. The monoisotopic (exact) mass is 282 g/mol. The van der Waals surface area contributed by atoms with E-state index in [1.165, 1.54) is 0 Å². The van der Waals surface area contributed by atoms with Crippen LogP contribution < -0.4 is 5.73 Å². The minimum absolute atomic E-state index is 0.182. The number of rotatable bonds is 3. The molecule has 3 nitrogen and oxygen atoms in total. The number of para-hydroxylation sites is 1. The van der Waals surface area contributed by atoms with E-state index in [0.717, 1.165) is 27.9 Å². The second-order valence-corrected chi connectivity index (χ2v) is 5.08. The molecule has 1 aromatic heterocycles. The number of nitrogens with zero attached hydrogens (tertiary/aromatic N) is 1. The fourth-order valence-corrected chi connectivity index (χ4v) is 1.99. The zero-order valence-corrected chi connectivity index (χ0v) is 11.0. The van der Waals surface area contributed by atoms with Crippen molar-refractivity contribution >= 4 is 27.0 Å². The molecule has 0 saturated heterocycles. The molecule has 1 heterocycles. The zero-order chi connectivity index (χ0) is 11.8. The lowest BCUT2D eigenvalue weighted by atomic mass is 9.88. The summed E-state index contributed by atoms with van der Waals surface area (Å²) in [6, 6.07) is 5.84. The molecule has 86 valence electrons. The van der Waals surface area contributed by atoms with Crippen molar-refractivity contribution in [2.45, 2.75) is 25.7 Å². The predicted molar refractivity (Wildman–Crippen MR) is 68.4 cm³/mol. The summed E-state index contributed by atoms with van der Waals surface area (Å²) in [4.78, 5) is 4.51. The molecule has 2 aromatic rings. The van der Waals surface area contributed by atoms with Gasteiger partial charge in [-0.25, -0.2) is 4.98 Å². The molecular weight excluding hydrogens is 268 g/mol. The van der Waals surface area contributed by atoms with Crippen LogP contribution in [0.5, 0.6) is 0 Å². The summed E-state index contributed by atoms with van der Waals surface area (Å²) < 4.78 is 6.74. The number of nitrogens with two attached hydrogens (primary N) is 1. The molecule has 0 bridgehead atoms. The molecule has 0 aliphatic rings. The van der Waals surface area contributed by atoms with Gasteiger partial charge in [-0.1, -0.05) is 13.0 Å². The van der Waals surface area contributed by atoms with Crippen molar-refractivity contribution in [3.05, 3.63) is 28.6 Å². The highest BCUT2D eigenvalue weighted by Crippen LogP contribution is 2.31. The summed E-state index contributed by atoms with van der Waals surface area (Å²) in [5.74, 6) is 0.722. The first kappa shape index (κ1) is 11.6. The normalized spacial score (nSPS) is 15.2. The highest BCUT2D eigenvalue weighted by atomic mass is 79.9. The molecule has 16 heavy (non-hydrogen) atoms. The summed E-state index contributed by atoms with van der Waals surface area (Å²) in [5.41, 5.74) is 7.29. The topological polar surface area (TPSA) is 52.0 Å². The quantitative estimate of drug-likeness (QED) is 0.941. The smallest absolute Gasteiger partial charge is 0.202 e. The van der Waals surface area contributed by atoms with Gasteiger partial charge in [0.2, 0.25) is 5.89 Å². The van der Waals surface area contributed by atoms with E-state index in [2.05, 4.69) is 34.8 Å². The molecule has 0 saturated carbocycles. The fourth-order valence-electron chi connectivity index (χ4n) is 1.56. The molecule has 0 fully saturated rings. The SMILES string of the molecule is CCC(C)(CN)c1nc2cccc(Br)c2o1. The number of hydrogen-bond acceptors (Lipinski definition) is 3. The average Bonchev–Trinajstić information content (AvgIpc) is 2.74. The van der Waals surface area contributed by atoms with Crippen molar-refractivity contribution in [2.75, 3.05) is 6.54 Å². The van der Waals surface area contributed by atoms with Crippen LogP contribution in [0.2, 0.25) is 0 Å². The number of benzene rings is 1. The van der Waals surface area contributed by atoms with Gasteiger partial charge in [0.15, 0.2) is 5.58 Å². The van der Waals surface area contributed by atoms with Crippen LogP contribution in [0.3, 0.4) is 0 Å². The molecule has 0 radical (unpaired) electrons. The van der Waals surface area contributed by atoms with Gasteiger partial charge in [0.1, 0.15) is 5.52 Å². The van der Waals surface area contributed by atoms with Gasteiger partial charge in [0.05, 0.1) is 9.89 Å². The van der Waals surface area contributed by atoms with Gasteiger partial charge in [-0.2, -0.15) is 0 Å². The Bertz CT molecular complexity index is 503. The number of oxazole rings is 1. The first-order chi connectivity index (χ1) is 7.60. The molecule has 0 spiro atoms. The van der Waals surface area contributed by atoms with E-state index >= 15 is 0 Å². The minimum Gasteiger partial charge on any atom is -0.439 e. The molecule has 0 aliphatic heterocycles. The Balaban J connectivity index is 2.59. The Kier molecular flexibility index (Phi) is 3.04. The second kappa shape index (κ2) is 4.18. The molecule has 2 N–H and O–H groups in total. The van der Waals surface area contributed by atoms with E-state index in [1.54, 1.807) is 0 Å². The van der Waals surface area contributed by atoms with Gasteiger partial charge < -0.3 is 10.2 Å². The molecule has 0 aliphatic carbocycles. The molecule has 1 atom stereocenters. The molecule has 1 aromatic carbocycles. The van der Waals surface area contributed by atoms with Crippen molar-refractivity contribution in [1.29, 1.82) is 0 Å². The summed E-state index contributed by atoms with van der Waals surface area (Å²) in [5, 5.41) is 0. The van der Waals surface area contributed by atoms with Crippen molar-refractivity contribution in [3.63, 3.8) is 0 Å². The van der Waals surface area contributed by atoms with E-state index in [1.807, 2.05) is 18.2 Å². The van der Waals surface area contributed by atoms with Gasteiger partial charge >= 0.3 is 0 Å². The Morgan fingerprint density at radius 2 is 2.25 bits per heavy atom. The third-order valence-corrected chi connectivity index (χ3v) is 3.74. The van der Waals surface area contributed by atoms with Crippen LogP contribution in [0.4, 0.5) is 0 Å². The maximum absolute atomic E-state index is 5.81. The molecule has 0 amide bonds. The van der Waals surface area contributed by atoms with E-state index in [-0.39, 0.29) is 5.41 Å². The number of halogens is 1. The molecular formula is C12H15BrN2O. The fraction of sp³-hybridized carbons (Fsp3) is 0.417. The van der Waals surface area contributed by atoms with E-state index in [9.17, 15) is 0 Å². The minimum atomic E-state index is -0.182. The van der Waals surface area contributed by atoms with E-state index < -0.39 is 0 Å². The van der Waals surface area contributed by atoms with Crippen LogP contribution in [0.15, 0.2) is 27.1 Å². The summed E-state index contributed by atoms with van der Waals surface area (Å²) in [7, 11) is 0. The van der Waals surface area contributed by atoms with Crippen LogP contribution in [0, 0.1) is 0 Å². The first-order valence-corrected chi connectivity index (χ1v) is 6.15. The van der Waals surface area contributed by atoms with Gasteiger partial charge in [-0.05, 0) is 41.4 Å². The lowest BCUT2D eigenvalue weighted by molar-refractivity contribution is 0.353. The van der Waals surface area contributed by atoms with Gasteiger partial charge in [-0.15, -0.1) is 0 Å².